The smallest absolute Gasteiger partial charge is 0.264 e. The highest BCUT2D eigenvalue weighted by Crippen LogP contribution is 2.33. The molecular formula is C29H34N2O4S2. The highest BCUT2D eigenvalue weighted by atomic mass is 32.2. The van der Waals surface area contributed by atoms with E-state index < -0.39 is 10.0 Å². The van der Waals surface area contributed by atoms with E-state index in [0.29, 0.717) is 37.1 Å². The predicted molar refractivity (Wildman–Crippen MR) is 150 cm³/mol. The molecule has 0 atom stereocenters. The zero-order valence-electron chi connectivity index (χ0n) is 21.4. The van der Waals surface area contributed by atoms with Crippen LogP contribution < -0.4 is 9.04 Å². The lowest BCUT2D eigenvalue weighted by Gasteiger charge is -2.34. The van der Waals surface area contributed by atoms with Crippen molar-refractivity contribution >= 4 is 33.4 Å². The van der Waals surface area contributed by atoms with Crippen LogP contribution in [0.3, 0.4) is 0 Å². The second-order valence-corrected chi connectivity index (χ2v) is 11.8. The molecular weight excluding hydrogens is 504 g/mol. The van der Waals surface area contributed by atoms with Gasteiger partial charge >= 0.3 is 0 Å². The number of hydrogen-bond acceptors (Lipinski definition) is 5. The van der Waals surface area contributed by atoms with E-state index in [2.05, 4.69) is 24.3 Å². The Hall–Kier alpha value is -2.97. The van der Waals surface area contributed by atoms with Crippen molar-refractivity contribution < 1.29 is 17.9 Å². The molecule has 6 nitrogen and oxygen atoms in total. The molecule has 0 N–H and O–H groups in total. The fourth-order valence-electron chi connectivity index (χ4n) is 4.67. The van der Waals surface area contributed by atoms with Gasteiger partial charge in [-0.3, -0.25) is 9.10 Å². The normalized spacial score (nSPS) is 14.4. The van der Waals surface area contributed by atoms with Crippen LogP contribution in [0.5, 0.6) is 5.75 Å². The number of anilines is 1. The summed E-state index contributed by atoms with van der Waals surface area (Å²) in [5.74, 6) is 0.748. The molecule has 1 fully saturated rings. The fraction of sp³-hybridized carbons (Fsp3) is 0.345. The van der Waals surface area contributed by atoms with Gasteiger partial charge in [0.2, 0.25) is 5.91 Å². The van der Waals surface area contributed by atoms with Crippen LogP contribution in [0.25, 0.3) is 0 Å². The first kappa shape index (κ1) is 27.1. The van der Waals surface area contributed by atoms with Crippen LogP contribution in [-0.4, -0.2) is 51.7 Å². The molecule has 0 radical (unpaired) electrons. The minimum Gasteiger partial charge on any atom is -0.492 e. The van der Waals surface area contributed by atoms with Crippen molar-refractivity contribution in [3.63, 3.8) is 0 Å². The second-order valence-electron chi connectivity index (χ2n) is 9.10. The Balaban J connectivity index is 1.54. The minimum atomic E-state index is -4.01. The number of nitrogens with zero attached hydrogens (tertiary/aromatic N) is 2. The number of sulfonamides is 1. The van der Waals surface area contributed by atoms with Gasteiger partial charge in [-0.25, -0.2) is 8.42 Å². The summed E-state index contributed by atoms with van der Waals surface area (Å²) in [7, 11) is -4.01. The average molecular weight is 539 g/mol. The van der Waals surface area contributed by atoms with Gasteiger partial charge in [0.25, 0.3) is 10.0 Å². The standard InChI is InChI=1S/C29H34N2O4S2/c1-3-35-28-12-8-7-11-27(28)31(37(33,34)26-15-13-25(36-2)14-16-26)22-29(32)30-19-17-24(18-20-30)21-23-9-5-4-6-10-23/h4-16,24H,3,17-22H2,1-2H3. The van der Waals surface area contributed by atoms with Gasteiger partial charge in [-0.1, -0.05) is 42.5 Å². The minimum absolute atomic E-state index is 0.144. The van der Waals surface area contributed by atoms with Crippen LogP contribution in [0.4, 0.5) is 5.69 Å². The van der Waals surface area contributed by atoms with Gasteiger partial charge in [-0.05, 0) is 80.3 Å². The number of benzene rings is 3. The SMILES string of the molecule is CCOc1ccccc1N(CC(=O)N1CCC(Cc2ccccc2)CC1)S(=O)(=O)c1ccc(SC)cc1. The van der Waals surface area contributed by atoms with Gasteiger partial charge in [0, 0.05) is 18.0 Å². The Morgan fingerprint density at radius 2 is 1.62 bits per heavy atom. The number of thioether (sulfide) groups is 1. The lowest BCUT2D eigenvalue weighted by atomic mass is 9.90. The maximum absolute atomic E-state index is 13.9. The average Bonchev–Trinajstić information content (AvgIpc) is 2.93. The Morgan fingerprint density at radius 1 is 0.973 bits per heavy atom. The van der Waals surface area contributed by atoms with Crippen LogP contribution in [0, 0.1) is 5.92 Å². The third-order valence-electron chi connectivity index (χ3n) is 6.69. The van der Waals surface area contributed by atoms with Crippen LogP contribution in [-0.2, 0) is 21.2 Å². The quantitative estimate of drug-likeness (QED) is 0.320. The summed E-state index contributed by atoms with van der Waals surface area (Å²) in [6.07, 6.45) is 4.74. The topological polar surface area (TPSA) is 66.9 Å². The molecule has 1 saturated heterocycles. The largest absolute Gasteiger partial charge is 0.492 e. The molecule has 37 heavy (non-hydrogen) atoms. The molecule has 0 unspecified atom stereocenters. The van der Waals surface area contributed by atoms with E-state index in [-0.39, 0.29) is 17.3 Å². The third kappa shape index (κ3) is 6.67. The Kier molecular flexibility index (Phi) is 9.16. The molecule has 1 aliphatic rings. The summed E-state index contributed by atoms with van der Waals surface area (Å²) in [4.78, 5) is 16.4. The van der Waals surface area contributed by atoms with Crippen LogP contribution >= 0.6 is 11.8 Å². The zero-order valence-corrected chi connectivity index (χ0v) is 23.0. The second kappa shape index (κ2) is 12.5. The Labute approximate surface area is 224 Å². The molecule has 196 valence electrons. The third-order valence-corrected chi connectivity index (χ3v) is 9.21. The number of para-hydroxylation sites is 2. The summed E-state index contributed by atoms with van der Waals surface area (Å²) < 4.78 is 34.7. The van der Waals surface area contributed by atoms with Gasteiger partial charge in [-0.15, -0.1) is 11.8 Å². The predicted octanol–water partition coefficient (Wildman–Crippen LogP) is 5.48. The van der Waals surface area contributed by atoms with Crippen molar-refractivity contribution in [3.8, 4) is 5.75 Å². The van der Waals surface area contributed by atoms with Crippen molar-refractivity contribution in [2.45, 2.75) is 36.0 Å². The van der Waals surface area contributed by atoms with E-state index in [1.165, 1.54) is 9.87 Å². The van der Waals surface area contributed by atoms with Crippen molar-refractivity contribution in [3.05, 3.63) is 84.4 Å². The van der Waals surface area contributed by atoms with Gasteiger partial charge in [-0.2, -0.15) is 0 Å². The maximum atomic E-state index is 13.9. The number of hydrogen-bond donors (Lipinski definition) is 0. The number of ether oxygens (including phenoxy) is 1. The molecule has 0 spiro atoms. The molecule has 0 aromatic heterocycles. The molecule has 3 aromatic rings. The first-order valence-electron chi connectivity index (χ1n) is 12.6. The maximum Gasteiger partial charge on any atom is 0.264 e. The molecule has 1 amide bonds. The first-order valence-corrected chi connectivity index (χ1v) is 15.3. The highest BCUT2D eigenvalue weighted by Gasteiger charge is 2.32. The number of likely N-dealkylation sites (tertiary alicyclic amines) is 1. The summed E-state index contributed by atoms with van der Waals surface area (Å²) >= 11 is 1.54. The van der Waals surface area contributed by atoms with Crippen LogP contribution in [0.15, 0.2) is 88.7 Å². The molecule has 0 aliphatic carbocycles. The van der Waals surface area contributed by atoms with Gasteiger partial charge in [0.15, 0.2) is 0 Å². The molecule has 1 heterocycles. The molecule has 3 aromatic carbocycles. The van der Waals surface area contributed by atoms with Crippen LogP contribution in [0.2, 0.25) is 0 Å². The summed E-state index contributed by atoms with van der Waals surface area (Å²) in [6, 6.07) is 24.1. The fourth-order valence-corrected chi connectivity index (χ4v) is 6.51. The van der Waals surface area contributed by atoms with Crippen LogP contribution in [0.1, 0.15) is 25.3 Å². The summed E-state index contributed by atoms with van der Waals surface area (Å²) in [5.41, 5.74) is 1.68. The van der Waals surface area contributed by atoms with E-state index in [4.69, 9.17) is 4.74 Å². The number of amides is 1. The van der Waals surface area contributed by atoms with Gasteiger partial charge in [0.1, 0.15) is 12.3 Å². The molecule has 0 bridgehead atoms. The van der Waals surface area contributed by atoms with E-state index in [0.717, 1.165) is 24.2 Å². The first-order chi connectivity index (χ1) is 17.9. The van der Waals surface area contributed by atoms with Crippen molar-refractivity contribution in [1.29, 1.82) is 0 Å². The lowest BCUT2D eigenvalue weighted by Crippen LogP contribution is -2.46. The van der Waals surface area contributed by atoms with Crippen molar-refractivity contribution in [2.75, 3.05) is 36.8 Å². The molecule has 4 rings (SSSR count). The number of carbonyl (C=O) groups excluding carboxylic acids is 1. The summed E-state index contributed by atoms with van der Waals surface area (Å²) in [5, 5.41) is 0. The van der Waals surface area contributed by atoms with Gasteiger partial charge in [0.05, 0.1) is 17.2 Å². The zero-order chi connectivity index (χ0) is 26.3. The number of rotatable bonds is 10. The molecule has 1 aliphatic heterocycles. The number of piperidine rings is 1. The molecule has 0 saturated carbocycles. The van der Waals surface area contributed by atoms with Gasteiger partial charge < -0.3 is 9.64 Å². The monoisotopic (exact) mass is 538 g/mol. The Bertz CT molecular complexity index is 1270. The van der Waals surface area contributed by atoms with E-state index >= 15 is 0 Å². The van der Waals surface area contributed by atoms with Crippen molar-refractivity contribution in [2.24, 2.45) is 5.92 Å². The molecule has 8 heteroatoms. The lowest BCUT2D eigenvalue weighted by molar-refractivity contribution is -0.130. The number of carbonyl (C=O) groups is 1. The van der Waals surface area contributed by atoms with E-state index in [1.54, 1.807) is 65.2 Å². The van der Waals surface area contributed by atoms with E-state index in [1.807, 2.05) is 19.2 Å². The highest BCUT2D eigenvalue weighted by molar-refractivity contribution is 7.98. The summed E-state index contributed by atoms with van der Waals surface area (Å²) in [6.45, 7) is 3.21. The van der Waals surface area contributed by atoms with Crippen molar-refractivity contribution in [1.82, 2.24) is 4.90 Å². The Morgan fingerprint density at radius 3 is 2.27 bits per heavy atom. The van der Waals surface area contributed by atoms with E-state index in [9.17, 15) is 13.2 Å².